The third-order valence-electron chi connectivity index (χ3n) is 20.4. The number of hydrogen-bond donors (Lipinski definition) is 10. The van der Waals surface area contributed by atoms with Crippen LogP contribution in [0.3, 0.4) is 0 Å². The summed E-state index contributed by atoms with van der Waals surface area (Å²) in [7, 11) is -3.98. The minimum absolute atomic E-state index is 0.00839. The smallest absolute Gasteiger partial charge is 0.397 e. The van der Waals surface area contributed by atoms with Gasteiger partial charge in [-0.1, -0.05) is 44.9 Å². The Morgan fingerprint density at radius 1 is 0.713 bits per heavy atom. The number of carbonyl (C=O) groups excluding carboxylic acids is 2. The Morgan fingerprint density at radius 2 is 1.31 bits per heavy atom. The molecular weight excluding hydrogens is 1080 g/mol. The number of esters is 1. The molecule has 0 aromatic carbocycles. The number of Topliss-reactive ketones (excluding diaryl/α,β-unsaturated/α-hetero) is 1. The lowest BCUT2D eigenvalue weighted by Gasteiger charge is -2.64. The average molecular weight is 1170 g/mol. The average Bonchev–Trinajstić information content (AvgIpc) is 4.08. The maximum atomic E-state index is 14.4. The van der Waals surface area contributed by atoms with Crippen molar-refractivity contribution < 1.29 is 120 Å². The van der Waals surface area contributed by atoms with E-state index in [0.29, 0.717) is 44.9 Å². The lowest BCUT2D eigenvalue weighted by molar-refractivity contribution is -0.389. The molecular formula is C54H84O25S. The second kappa shape index (κ2) is 22.9. The van der Waals surface area contributed by atoms with E-state index in [1.165, 1.54) is 19.6 Å². The summed E-state index contributed by atoms with van der Waals surface area (Å²) in [6, 6.07) is 0. The Balaban J connectivity index is 0.902. The van der Waals surface area contributed by atoms with Gasteiger partial charge < -0.3 is 93.3 Å². The van der Waals surface area contributed by atoms with E-state index in [1.807, 2.05) is 6.92 Å². The molecule has 0 aromatic rings. The maximum absolute atomic E-state index is 14.4. The number of aliphatic hydroxyl groups excluding tert-OH is 9. The Kier molecular flexibility index (Phi) is 17.8. The monoisotopic (exact) mass is 1160 g/mol. The molecule has 456 valence electrons. The number of rotatable bonds is 17. The number of allylic oxidation sites excluding steroid dienone is 3. The minimum atomic E-state index is -5.17. The van der Waals surface area contributed by atoms with Crippen molar-refractivity contribution >= 4 is 22.2 Å². The molecule has 27 atom stereocenters. The second-order valence-corrected chi connectivity index (χ2v) is 26.2. The van der Waals surface area contributed by atoms with E-state index in [-0.39, 0.29) is 41.3 Å². The van der Waals surface area contributed by atoms with E-state index in [9.17, 15) is 68.5 Å². The first kappa shape index (κ1) is 62.3. The molecule has 25 nitrogen and oxygen atoms in total. The van der Waals surface area contributed by atoms with Crippen LogP contribution in [0.4, 0.5) is 0 Å². The van der Waals surface area contributed by atoms with Crippen molar-refractivity contribution in [1.29, 1.82) is 0 Å². The number of methoxy groups -OCH3 is 1. The molecule has 0 amide bonds. The number of ketones is 1. The van der Waals surface area contributed by atoms with Crippen molar-refractivity contribution in [2.24, 2.45) is 39.4 Å². The van der Waals surface area contributed by atoms with Gasteiger partial charge >= 0.3 is 16.4 Å². The fourth-order valence-electron chi connectivity index (χ4n) is 16.0. The Bertz CT molecular complexity index is 2430. The largest absolute Gasteiger partial charge is 0.451 e. The highest BCUT2D eigenvalue weighted by atomic mass is 32.3. The molecule has 0 aromatic heterocycles. The van der Waals surface area contributed by atoms with Crippen LogP contribution < -0.4 is 0 Å². The molecule has 0 bridgehead atoms. The van der Waals surface area contributed by atoms with Crippen molar-refractivity contribution in [2.75, 3.05) is 26.9 Å². The van der Waals surface area contributed by atoms with Crippen LogP contribution in [-0.4, -0.2) is 226 Å². The van der Waals surface area contributed by atoms with Crippen LogP contribution >= 0.6 is 0 Å². The van der Waals surface area contributed by atoms with Gasteiger partial charge in [0.15, 0.2) is 36.5 Å². The third-order valence-corrected chi connectivity index (χ3v) is 20.9. The molecule has 26 heteroatoms. The van der Waals surface area contributed by atoms with Crippen LogP contribution in [0.5, 0.6) is 0 Å². The van der Waals surface area contributed by atoms with Crippen LogP contribution in [0.15, 0.2) is 23.8 Å². The van der Waals surface area contributed by atoms with Gasteiger partial charge in [0.1, 0.15) is 85.5 Å². The predicted octanol–water partition coefficient (Wildman–Crippen LogP) is -0.382. The van der Waals surface area contributed by atoms with Gasteiger partial charge in [-0.15, -0.1) is 6.58 Å². The molecule has 8 fully saturated rings. The summed E-state index contributed by atoms with van der Waals surface area (Å²) in [6.07, 6.45) is -24.9. The quantitative estimate of drug-likeness (QED) is 0.0504. The number of fused-ring (bicyclic) bond motifs is 4. The van der Waals surface area contributed by atoms with E-state index in [4.69, 9.17) is 51.6 Å². The van der Waals surface area contributed by atoms with E-state index in [2.05, 4.69) is 40.3 Å². The Hall–Kier alpha value is -2.23. The predicted molar refractivity (Wildman–Crippen MR) is 271 cm³/mol. The third kappa shape index (κ3) is 10.4. The molecule has 16 unspecified atom stereocenters. The van der Waals surface area contributed by atoms with Gasteiger partial charge in [0.25, 0.3) is 0 Å². The molecule has 9 rings (SSSR count). The Morgan fingerprint density at radius 3 is 1.93 bits per heavy atom. The van der Waals surface area contributed by atoms with Crippen LogP contribution in [0, 0.1) is 39.4 Å². The molecule has 0 radical (unpaired) electrons. The first-order chi connectivity index (χ1) is 37.4. The summed E-state index contributed by atoms with van der Waals surface area (Å²) in [5.74, 6) is -0.517. The molecule has 3 saturated carbocycles. The van der Waals surface area contributed by atoms with Crippen LogP contribution in [-0.2, 0) is 71.5 Å². The van der Waals surface area contributed by atoms with Gasteiger partial charge in [0, 0.05) is 24.9 Å². The molecule has 80 heavy (non-hydrogen) atoms. The van der Waals surface area contributed by atoms with Gasteiger partial charge in [-0.2, -0.15) is 8.42 Å². The summed E-state index contributed by atoms with van der Waals surface area (Å²) in [5.41, 5.74) is -1.35. The summed E-state index contributed by atoms with van der Waals surface area (Å²) in [6.45, 7) is 15.5. The summed E-state index contributed by atoms with van der Waals surface area (Å²) >= 11 is 0. The summed E-state index contributed by atoms with van der Waals surface area (Å²) in [4.78, 5) is 28.2. The number of hydrogen-bond acceptors (Lipinski definition) is 24. The van der Waals surface area contributed by atoms with Crippen molar-refractivity contribution in [3.05, 3.63) is 23.8 Å². The van der Waals surface area contributed by atoms with Crippen molar-refractivity contribution in [2.45, 2.75) is 235 Å². The Labute approximate surface area is 465 Å². The summed E-state index contributed by atoms with van der Waals surface area (Å²) in [5, 5.41) is 99.1. The zero-order chi connectivity index (χ0) is 58.6. The number of aliphatic hydroxyl groups is 9. The first-order valence-corrected chi connectivity index (χ1v) is 29.3. The second-order valence-electron chi connectivity index (χ2n) is 25.2. The zero-order valence-electron chi connectivity index (χ0n) is 46.6. The SMILES string of the molecule is C=C(C)CCC(=O)[C@]1(C)OC(=O)C23CCC4C(=CCC5C(C)(C)C(O[C@@H]6OC[C@@H](OS(=O)(=O)O)C(O)C6O[C@@H]6OC(C)[C@@H](O[C@@H]7OC(CO)[C@@H](O)C(O[C@@H]8OC(CO)[C@@H](O)C(OC)C8O)C7O)C(O)C6O)CC[C@]45C)[C@]2(C)CCC31. The van der Waals surface area contributed by atoms with Gasteiger partial charge in [0.05, 0.1) is 37.4 Å². The van der Waals surface area contributed by atoms with Gasteiger partial charge in [-0.25, -0.2) is 4.18 Å². The van der Waals surface area contributed by atoms with Crippen molar-refractivity contribution in [3.8, 4) is 0 Å². The topological polar surface area (TPSA) is 372 Å². The number of cyclic esters (lactones) is 1. The van der Waals surface area contributed by atoms with Gasteiger partial charge in [-0.3, -0.25) is 14.1 Å². The lowest BCUT2D eigenvalue weighted by Crippen LogP contribution is -2.67. The van der Waals surface area contributed by atoms with Gasteiger partial charge in [0.2, 0.25) is 0 Å². The van der Waals surface area contributed by atoms with E-state index in [0.717, 1.165) is 12.0 Å². The first-order valence-electron chi connectivity index (χ1n) is 27.9. The molecule has 5 saturated heterocycles. The minimum Gasteiger partial charge on any atom is -0.451 e. The van der Waals surface area contributed by atoms with Crippen LogP contribution in [0.2, 0.25) is 0 Å². The molecule has 10 N–H and O–H groups in total. The van der Waals surface area contributed by atoms with Crippen LogP contribution in [0.1, 0.15) is 106 Å². The van der Waals surface area contributed by atoms with Crippen molar-refractivity contribution in [1.82, 2.24) is 0 Å². The number of ether oxygens (including phenoxy) is 10. The maximum Gasteiger partial charge on any atom is 0.397 e. The fraction of sp³-hybridized carbons (Fsp3) is 0.889. The molecule has 1 spiro atoms. The standard InChI is InChI=1S/C54H84O25S/c1-23(2)10-13-32(57)53(8)31-15-18-52(7)26-11-12-30-50(4,5)33(16-17-51(30,6)25(26)14-19-54(31,52)49(65)78-53)74-48-44(36(60)29(22-70-48)79-80(66,67)68)77-45-38(62)37(61)41(24(3)71-45)75-47-40(64)43(35(59)28(21-56)73-47)76-46-39(63)42(69-9)34(58)27(20-55)72-46/h11,24-25,27-31,33-48,55-56,58-64H,1,10,12-22H2,2-9H3,(H,66,67,68)/t24?,25?,27?,28?,29-,30?,31?,33?,34-,35-,36?,37?,38?,39?,40?,41-,42?,43?,44?,45+,46+,47+,48+,51-,52+,53-,54?/m1/s1. The summed E-state index contributed by atoms with van der Waals surface area (Å²) < 4.78 is 97.9. The molecule has 5 aliphatic heterocycles. The zero-order valence-corrected chi connectivity index (χ0v) is 47.4. The van der Waals surface area contributed by atoms with E-state index < -0.39 is 175 Å². The highest BCUT2D eigenvalue weighted by molar-refractivity contribution is 7.80. The fourth-order valence-corrected chi connectivity index (χ4v) is 16.5. The molecule has 4 aliphatic carbocycles. The van der Waals surface area contributed by atoms with E-state index >= 15 is 0 Å². The van der Waals surface area contributed by atoms with Crippen LogP contribution in [0.25, 0.3) is 0 Å². The molecule has 9 aliphatic rings. The molecule has 5 heterocycles. The van der Waals surface area contributed by atoms with Gasteiger partial charge in [-0.05, 0) is 94.8 Å². The lowest BCUT2D eigenvalue weighted by atomic mass is 9.40. The van der Waals surface area contributed by atoms with Crippen molar-refractivity contribution in [3.63, 3.8) is 0 Å². The highest BCUT2D eigenvalue weighted by Crippen LogP contribution is 2.76. The van der Waals surface area contributed by atoms with E-state index in [1.54, 1.807) is 6.92 Å². The number of carbonyl (C=O) groups is 2. The normalized spacial score (nSPS) is 50.1. The highest BCUT2D eigenvalue weighted by Gasteiger charge is 2.77.